The van der Waals surface area contributed by atoms with Crippen LogP contribution < -0.4 is 20.1 Å². The SMILES string of the molecule is COc1cc(NC(=S)Nc2ccc(F)cc2)c(OC)cc1Cl. The molecule has 2 aromatic carbocycles. The predicted octanol–water partition coefficient (Wildman–Crippen LogP) is 4.31. The fourth-order valence-electron chi connectivity index (χ4n) is 1.78. The molecule has 0 fully saturated rings. The molecule has 0 radical (unpaired) electrons. The summed E-state index contributed by atoms with van der Waals surface area (Å²) < 4.78 is 23.3. The van der Waals surface area contributed by atoms with Crippen LogP contribution in [-0.4, -0.2) is 19.3 Å². The maximum atomic E-state index is 12.9. The number of benzene rings is 2. The lowest BCUT2D eigenvalue weighted by molar-refractivity contribution is 0.405. The Hall–Kier alpha value is -2.05. The van der Waals surface area contributed by atoms with E-state index < -0.39 is 0 Å². The molecule has 4 nitrogen and oxygen atoms in total. The molecule has 0 spiro atoms. The van der Waals surface area contributed by atoms with E-state index >= 15 is 0 Å². The van der Waals surface area contributed by atoms with Crippen molar-refractivity contribution in [2.24, 2.45) is 0 Å². The molecule has 2 aromatic rings. The van der Waals surface area contributed by atoms with Gasteiger partial charge in [0, 0.05) is 17.8 Å². The molecule has 0 bridgehead atoms. The van der Waals surface area contributed by atoms with E-state index in [-0.39, 0.29) is 5.82 Å². The number of nitrogens with one attached hydrogen (secondary N) is 2. The Morgan fingerprint density at radius 2 is 1.68 bits per heavy atom. The van der Waals surface area contributed by atoms with Crippen molar-refractivity contribution in [3.05, 3.63) is 47.2 Å². The van der Waals surface area contributed by atoms with Crippen LogP contribution >= 0.6 is 23.8 Å². The van der Waals surface area contributed by atoms with Gasteiger partial charge in [-0.3, -0.25) is 0 Å². The second-order valence-corrected chi connectivity index (χ2v) is 5.09. The zero-order valence-corrected chi connectivity index (χ0v) is 13.5. The summed E-state index contributed by atoms with van der Waals surface area (Å²) in [5.41, 5.74) is 1.27. The van der Waals surface area contributed by atoms with E-state index in [4.69, 9.17) is 33.3 Å². The molecule has 22 heavy (non-hydrogen) atoms. The van der Waals surface area contributed by atoms with Crippen LogP contribution in [0.3, 0.4) is 0 Å². The van der Waals surface area contributed by atoms with Crippen LogP contribution in [0.5, 0.6) is 11.5 Å². The topological polar surface area (TPSA) is 42.5 Å². The van der Waals surface area contributed by atoms with Crippen molar-refractivity contribution in [2.45, 2.75) is 0 Å². The number of hydrogen-bond donors (Lipinski definition) is 2. The molecule has 0 unspecified atom stereocenters. The molecular formula is C15H14ClFN2O2S. The fourth-order valence-corrected chi connectivity index (χ4v) is 2.23. The smallest absolute Gasteiger partial charge is 0.175 e. The first-order chi connectivity index (χ1) is 10.5. The molecule has 0 aliphatic carbocycles. The van der Waals surface area contributed by atoms with Crippen LogP contribution in [0.4, 0.5) is 15.8 Å². The van der Waals surface area contributed by atoms with Crippen LogP contribution in [-0.2, 0) is 0 Å². The van der Waals surface area contributed by atoms with Crippen molar-refractivity contribution in [1.82, 2.24) is 0 Å². The zero-order chi connectivity index (χ0) is 16.1. The van der Waals surface area contributed by atoms with E-state index in [9.17, 15) is 4.39 Å². The van der Waals surface area contributed by atoms with Gasteiger partial charge in [0.2, 0.25) is 0 Å². The number of methoxy groups -OCH3 is 2. The third-order valence-electron chi connectivity index (χ3n) is 2.82. The maximum absolute atomic E-state index is 12.9. The molecule has 0 heterocycles. The van der Waals surface area contributed by atoms with Gasteiger partial charge in [-0.05, 0) is 36.5 Å². The second kappa shape index (κ2) is 7.29. The molecule has 0 saturated carbocycles. The number of rotatable bonds is 4. The summed E-state index contributed by atoms with van der Waals surface area (Å²) in [6, 6.07) is 9.17. The van der Waals surface area contributed by atoms with Gasteiger partial charge in [0.05, 0.1) is 24.9 Å². The van der Waals surface area contributed by atoms with Crippen LogP contribution in [0.2, 0.25) is 5.02 Å². The summed E-state index contributed by atoms with van der Waals surface area (Å²) in [5.74, 6) is 0.706. The quantitative estimate of drug-likeness (QED) is 0.812. The first kappa shape index (κ1) is 16.3. The van der Waals surface area contributed by atoms with E-state index in [2.05, 4.69) is 10.6 Å². The molecule has 0 aliphatic rings. The van der Waals surface area contributed by atoms with Gasteiger partial charge in [-0.2, -0.15) is 0 Å². The molecule has 0 aliphatic heterocycles. The van der Waals surface area contributed by atoms with E-state index in [0.717, 1.165) is 0 Å². The lowest BCUT2D eigenvalue weighted by Gasteiger charge is -2.15. The van der Waals surface area contributed by atoms with Gasteiger partial charge in [0.25, 0.3) is 0 Å². The van der Waals surface area contributed by atoms with Crippen LogP contribution in [0.15, 0.2) is 36.4 Å². The zero-order valence-electron chi connectivity index (χ0n) is 11.9. The Morgan fingerprint density at radius 1 is 1.05 bits per heavy atom. The van der Waals surface area contributed by atoms with Crippen molar-refractivity contribution >= 4 is 40.3 Å². The highest BCUT2D eigenvalue weighted by Gasteiger charge is 2.11. The number of ether oxygens (including phenoxy) is 2. The summed E-state index contributed by atoms with van der Waals surface area (Å²) in [5, 5.41) is 6.70. The Balaban J connectivity index is 2.15. The lowest BCUT2D eigenvalue weighted by atomic mass is 10.2. The molecule has 0 aromatic heterocycles. The molecule has 116 valence electrons. The number of hydrogen-bond acceptors (Lipinski definition) is 3. The normalized spacial score (nSPS) is 10.0. The monoisotopic (exact) mass is 340 g/mol. The fraction of sp³-hybridized carbons (Fsp3) is 0.133. The maximum Gasteiger partial charge on any atom is 0.175 e. The number of thiocarbonyl (C=S) groups is 1. The van der Waals surface area contributed by atoms with Crippen molar-refractivity contribution in [1.29, 1.82) is 0 Å². The van der Waals surface area contributed by atoms with Gasteiger partial charge in [-0.1, -0.05) is 11.6 Å². The minimum Gasteiger partial charge on any atom is -0.495 e. The summed E-state index contributed by atoms with van der Waals surface area (Å²) in [6.07, 6.45) is 0. The minimum absolute atomic E-state index is 0.312. The van der Waals surface area contributed by atoms with Gasteiger partial charge in [-0.15, -0.1) is 0 Å². The Morgan fingerprint density at radius 3 is 2.27 bits per heavy atom. The average Bonchev–Trinajstić information content (AvgIpc) is 2.50. The van der Waals surface area contributed by atoms with Crippen LogP contribution in [0.1, 0.15) is 0 Å². The first-order valence-electron chi connectivity index (χ1n) is 6.28. The van der Waals surface area contributed by atoms with E-state index in [1.807, 2.05) is 0 Å². The Kier molecular flexibility index (Phi) is 5.41. The third kappa shape index (κ3) is 3.99. The standard InChI is InChI=1S/C15H14ClFN2O2S/c1-20-13-8-12(14(21-2)7-11(13)16)19-15(22)18-10-5-3-9(17)4-6-10/h3-8H,1-2H3,(H2,18,19,22). The Bertz CT molecular complexity index is 680. The van der Waals surface area contributed by atoms with E-state index in [1.54, 1.807) is 24.3 Å². The van der Waals surface area contributed by atoms with Crippen molar-refractivity contribution in [3.63, 3.8) is 0 Å². The minimum atomic E-state index is -0.312. The van der Waals surface area contributed by atoms with Gasteiger partial charge in [-0.25, -0.2) is 4.39 Å². The number of halogens is 2. The highest BCUT2D eigenvalue weighted by molar-refractivity contribution is 7.80. The third-order valence-corrected chi connectivity index (χ3v) is 3.32. The highest BCUT2D eigenvalue weighted by Crippen LogP contribution is 2.35. The van der Waals surface area contributed by atoms with Gasteiger partial charge in [0.1, 0.15) is 17.3 Å². The molecule has 0 amide bonds. The molecular weight excluding hydrogens is 327 g/mol. The summed E-state index contributed by atoms with van der Waals surface area (Å²) >= 11 is 11.3. The number of anilines is 2. The summed E-state index contributed by atoms with van der Waals surface area (Å²) in [7, 11) is 3.05. The Labute approximate surface area is 138 Å². The van der Waals surface area contributed by atoms with Crippen LogP contribution in [0, 0.1) is 5.82 Å². The predicted molar refractivity (Wildman–Crippen MR) is 90.8 cm³/mol. The van der Waals surface area contributed by atoms with E-state index in [1.165, 1.54) is 26.4 Å². The van der Waals surface area contributed by atoms with Gasteiger partial charge in [0.15, 0.2) is 5.11 Å². The average molecular weight is 341 g/mol. The molecule has 0 atom stereocenters. The van der Waals surface area contributed by atoms with Crippen molar-refractivity contribution < 1.29 is 13.9 Å². The van der Waals surface area contributed by atoms with Crippen molar-refractivity contribution in [2.75, 3.05) is 24.9 Å². The summed E-state index contributed by atoms with van der Waals surface area (Å²) in [4.78, 5) is 0. The van der Waals surface area contributed by atoms with Crippen molar-refractivity contribution in [3.8, 4) is 11.5 Å². The largest absolute Gasteiger partial charge is 0.495 e. The first-order valence-corrected chi connectivity index (χ1v) is 7.07. The molecule has 0 saturated heterocycles. The summed E-state index contributed by atoms with van der Waals surface area (Å²) in [6.45, 7) is 0. The van der Waals surface area contributed by atoms with Gasteiger partial charge >= 0.3 is 0 Å². The molecule has 7 heteroatoms. The lowest BCUT2D eigenvalue weighted by Crippen LogP contribution is -2.19. The molecule has 2 N–H and O–H groups in total. The van der Waals surface area contributed by atoms with Gasteiger partial charge < -0.3 is 20.1 Å². The molecule has 2 rings (SSSR count). The highest BCUT2D eigenvalue weighted by atomic mass is 35.5. The second-order valence-electron chi connectivity index (χ2n) is 4.27. The van der Waals surface area contributed by atoms with Crippen LogP contribution in [0.25, 0.3) is 0 Å². The van der Waals surface area contributed by atoms with E-state index in [0.29, 0.717) is 33.0 Å².